The van der Waals surface area contributed by atoms with Gasteiger partial charge in [-0.3, -0.25) is 9.59 Å². The Hall–Kier alpha value is -4.98. The fourth-order valence-corrected chi connectivity index (χ4v) is 4.66. The molecule has 218 valence electrons. The Morgan fingerprint density at radius 2 is 1.24 bits per heavy atom. The molecule has 4 rings (SSSR count). The smallest absolute Gasteiger partial charge is 0.247 e. The van der Waals surface area contributed by atoms with E-state index in [1.54, 1.807) is 45.5 Å². The average Bonchev–Trinajstić information content (AvgIpc) is 3.04. The lowest BCUT2D eigenvalue weighted by atomic mass is 10.0. The van der Waals surface area contributed by atoms with Gasteiger partial charge in [-0.15, -0.1) is 0 Å². The van der Waals surface area contributed by atoms with E-state index in [9.17, 15) is 9.59 Å². The molecule has 4 aromatic carbocycles. The third kappa shape index (κ3) is 7.60. The van der Waals surface area contributed by atoms with Crippen LogP contribution in [0, 0.1) is 0 Å². The van der Waals surface area contributed by atoms with E-state index in [4.69, 9.17) is 18.9 Å². The van der Waals surface area contributed by atoms with Gasteiger partial charge in [0.1, 0.15) is 17.5 Å². The van der Waals surface area contributed by atoms with Crippen molar-refractivity contribution in [3.8, 4) is 23.0 Å². The summed E-state index contributed by atoms with van der Waals surface area (Å²) in [5.41, 5.74) is 3.22. The fraction of sp³-hybridized carbons (Fsp3) is 0.235. The van der Waals surface area contributed by atoms with Crippen LogP contribution in [-0.4, -0.2) is 45.2 Å². The monoisotopic (exact) mass is 568 g/mol. The molecule has 1 atom stereocenters. The maximum atomic E-state index is 14.1. The SMILES string of the molecule is COc1ccc(CNC(=O)[C@H](c2ccccc2)N(Cc2ccc(OC)cc2)C(=O)Cc2ccc(OC)c(OC)c2)cc1. The number of benzene rings is 4. The van der Waals surface area contributed by atoms with Crippen LogP contribution in [-0.2, 0) is 29.1 Å². The summed E-state index contributed by atoms with van der Waals surface area (Å²) in [7, 11) is 6.33. The lowest BCUT2D eigenvalue weighted by molar-refractivity contribution is -0.141. The molecule has 42 heavy (non-hydrogen) atoms. The number of carbonyl (C=O) groups is 2. The molecular formula is C34H36N2O6. The van der Waals surface area contributed by atoms with Gasteiger partial charge in [0, 0.05) is 13.1 Å². The van der Waals surface area contributed by atoms with Crippen LogP contribution in [0.5, 0.6) is 23.0 Å². The molecule has 0 unspecified atom stereocenters. The summed E-state index contributed by atoms with van der Waals surface area (Å²) in [6, 6.07) is 28.8. The molecular weight excluding hydrogens is 532 g/mol. The van der Waals surface area contributed by atoms with Gasteiger partial charge in [-0.1, -0.05) is 60.7 Å². The molecule has 2 amide bonds. The van der Waals surface area contributed by atoms with Crippen LogP contribution >= 0.6 is 0 Å². The van der Waals surface area contributed by atoms with Crippen LogP contribution in [0.15, 0.2) is 97.1 Å². The molecule has 0 fully saturated rings. The first kappa shape index (κ1) is 30.0. The largest absolute Gasteiger partial charge is 0.497 e. The number of hydrogen-bond donors (Lipinski definition) is 1. The van der Waals surface area contributed by atoms with Gasteiger partial charge < -0.3 is 29.2 Å². The van der Waals surface area contributed by atoms with Gasteiger partial charge in [0.05, 0.1) is 34.9 Å². The molecule has 8 nitrogen and oxygen atoms in total. The van der Waals surface area contributed by atoms with Crippen LogP contribution in [0.3, 0.4) is 0 Å². The first-order valence-corrected chi connectivity index (χ1v) is 13.5. The molecule has 0 bridgehead atoms. The van der Waals surface area contributed by atoms with Crippen LogP contribution in [0.2, 0.25) is 0 Å². The molecule has 0 heterocycles. The molecule has 0 aromatic heterocycles. The highest BCUT2D eigenvalue weighted by Crippen LogP contribution is 2.30. The first-order valence-electron chi connectivity index (χ1n) is 13.5. The van der Waals surface area contributed by atoms with Crippen LogP contribution in [0.25, 0.3) is 0 Å². The van der Waals surface area contributed by atoms with Gasteiger partial charge in [0.25, 0.3) is 0 Å². The highest BCUT2D eigenvalue weighted by atomic mass is 16.5. The number of methoxy groups -OCH3 is 4. The van der Waals surface area contributed by atoms with E-state index in [1.165, 1.54) is 0 Å². The Kier molecular flexibility index (Phi) is 10.4. The summed E-state index contributed by atoms with van der Waals surface area (Å²) < 4.78 is 21.4. The van der Waals surface area contributed by atoms with Crippen molar-refractivity contribution in [3.63, 3.8) is 0 Å². The number of hydrogen-bond acceptors (Lipinski definition) is 6. The number of nitrogens with zero attached hydrogens (tertiary/aromatic N) is 1. The lowest BCUT2D eigenvalue weighted by Crippen LogP contribution is -2.43. The zero-order chi connectivity index (χ0) is 29.9. The standard InChI is InChI=1S/C34H36N2O6/c1-39-28-15-10-24(11-16-28)22-35-34(38)33(27-8-6-5-7-9-27)36(23-25-12-17-29(40-2)18-13-25)32(37)21-26-14-19-30(41-3)31(20-26)42-4/h5-20,33H,21-23H2,1-4H3,(H,35,38)/t33-/m0/s1. The molecule has 0 aliphatic rings. The van der Waals surface area contributed by atoms with E-state index in [1.807, 2.05) is 84.9 Å². The van der Waals surface area contributed by atoms with Crippen LogP contribution in [0.1, 0.15) is 28.3 Å². The van der Waals surface area contributed by atoms with Crippen molar-refractivity contribution in [2.75, 3.05) is 28.4 Å². The number of carbonyl (C=O) groups excluding carboxylic acids is 2. The predicted molar refractivity (Wildman–Crippen MR) is 161 cm³/mol. The van der Waals surface area contributed by atoms with Gasteiger partial charge in [-0.25, -0.2) is 0 Å². The maximum Gasteiger partial charge on any atom is 0.247 e. The highest BCUT2D eigenvalue weighted by molar-refractivity contribution is 5.89. The van der Waals surface area contributed by atoms with E-state index in [0.29, 0.717) is 29.4 Å². The normalized spacial score (nSPS) is 11.2. The van der Waals surface area contributed by atoms with E-state index in [-0.39, 0.29) is 24.8 Å². The number of rotatable bonds is 13. The van der Waals surface area contributed by atoms with Gasteiger partial charge in [0.15, 0.2) is 11.5 Å². The number of nitrogens with one attached hydrogen (secondary N) is 1. The Morgan fingerprint density at radius 3 is 1.81 bits per heavy atom. The maximum absolute atomic E-state index is 14.1. The molecule has 0 aliphatic heterocycles. The molecule has 4 aromatic rings. The molecule has 1 N–H and O–H groups in total. The van der Waals surface area contributed by atoms with Gasteiger partial charge in [0.2, 0.25) is 11.8 Å². The molecule has 0 spiro atoms. The first-order chi connectivity index (χ1) is 20.4. The van der Waals surface area contributed by atoms with E-state index in [0.717, 1.165) is 22.4 Å². The van der Waals surface area contributed by atoms with Crippen molar-refractivity contribution in [1.29, 1.82) is 0 Å². The third-order valence-corrected chi connectivity index (χ3v) is 6.94. The van der Waals surface area contributed by atoms with Gasteiger partial charge in [-0.2, -0.15) is 0 Å². The minimum absolute atomic E-state index is 0.0611. The molecule has 0 aliphatic carbocycles. The minimum atomic E-state index is -0.876. The highest BCUT2D eigenvalue weighted by Gasteiger charge is 2.31. The minimum Gasteiger partial charge on any atom is -0.497 e. The molecule has 8 heteroatoms. The second-order valence-corrected chi connectivity index (χ2v) is 9.61. The van der Waals surface area contributed by atoms with Crippen LogP contribution < -0.4 is 24.3 Å². The molecule has 0 saturated heterocycles. The van der Waals surface area contributed by atoms with E-state index < -0.39 is 6.04 Å². The van der Waals surface area contributed by atoms with Crippen LogP contribution in [0.4, 0.5) is 0 Å². The number of ether oxygens (including phenoxy) is 4. The van der Waals surface area contributed by atoms with Crippen molar-refractivity contribution in [1.82, 2.24) is 10.2 Å². The lowest BCUT2D eigenvalue weighted by Gasteiger charge is -2.32. The Balaban J connectivity index is 1.67. The summed E-state index contributed by atoms with van der Waals surface area (Å²) in [4.78, 5) is 29.6. The third-order valence-electron chi connectivity index (χ3n) is 6.94. The molecule has 0 radical (unpaired) electrons. The second-order valence-electron chi connectivity index (χ2n) is 9.61. The summed E-state index contributed by atoms with van der Waals surface area (Å²) in [6.45, 7) is 0.512. The fourth-order valence-electron chi connectivity index (χ4n) is 4.66. The predicted octanol–water partition coefficient (Wildman–Crippen LogP) is 5.35. The van der Waals surface area contributed by atoms with E-state index >= 15 is 0 Å². The van der Waals surface area contributed by atoms with Crippen molar-refractivity contribution in [2.45, 2.75) is 25.6 Å². The Labute approximate surface area is 246 Å². The second kappa shape index (κ2) is 14.6. The molecule has 0 saturated carbocycles. The van der Waals surface area contributed by atoms with Crippen molar-refractivity contribution >= 4 is 11.8 Å². The van der Waals surface area contributed by atoms with Crippen molar-refractivity contribution < 1.29 is 28.5 Å². The Bertz CT molecular complexity index is 1460. The van der Waals surface area contributed by atoms with Gasteiger partial charge in [-0.05, 0) is 58.7 Å². The zero-order valence-corrected chi connectivity index (χ0v) is 24.3. The topological polar surface area (TPSA) is 86.3 Å². The van der Waals surface area contributed by atoms with Crippen molar-refractivity contribution in [3.05, 3.63) is 119 Å². The summed E-state index contributed by atoms with van der Waals surface area (Å²) in [6.07, 6.45) is 0.0611. The summed E-state index contributed by atoms with van der Waals surface area (Å²) in [5.74, 6) is 2.04. The number of amides is 2. The average molecular weight is 569 g/mol. The Morgan fingerprint density at radius 1 is 0.667 bits per heavy atom. The zero-order valence-electron chi connectivity index (χ0n) is 24.3. The van der Waals surface area contributed by atoms with Crippen molar-refractivity contribution in [2.24, 2.45) is 0 Å². The quantitative estimate of drug-likeness (QED) is 0.234. The van der Waals surface area contributed by atoms with E-state index in [2.05, 4.69) is 5.32 Å². The summed E-state index contributed by atoms with van der Waals surface area (Å²) >= 11 is 0. The van der Waals surface area contributed by atoms with Gasteiger partial charge >= 0.3 is 0 Å². The summed E-state index contributed by atoms with van der Waals surface area (Å²) in [5, 5.41) is 3.04.